The van der Waals surface area contributed by atoms with Gasteiger partial charge >= 0.3 is 0 Å². The van der Waals surface area contributed by atoms with Crippen LogP contribution in [0, 0.1) is 23.6 Å². The van der Waals surface area contributed by atoms with Gasteiger partial charge < -0.3 is 20.4 Å². The zero-order chi connectivity index (χ0) is 45.2. The van der Waals surface area contributed by atoms with E-state index in [4.69, 9.17) is 23.2 Å². The van der Waals surface area contributed by atoms with Gasteiger partial charge in [-0.05, 0) is 103 Å². The lowest BCUT2D eigenvalue weighted by molar-refractivity contribution is -0.137. The smallest absolute Gasteiger partial charge is 0.255 e. The van der Waals surface area contributed by atoms with Crippen molar-refractivity contribution in [1.82, 2.24) is 20.4 Å². The Hall–Kier alpha value is -6.07. The van der Waals surface area contributed by atoms with Crippen LogP contribution in [0.1, 0.15) is 107 Å². The van der Waals surface area contributed by atoms with Gasteiger partial charge in [0.05, 0.1) is 11.1 Å². The van der Waals surface area contributed by atoms with Crippen LogP contribution in [0.2, 0.25) is 10.0 Å². The largest absolute Gasteiger partial charge is 0.339 e. The number of hydrogen-bond acceptors (Lipinski definition) is 7. The first-order valence-corrected chi connectivity index (χ1v) is 23.0. The van der Waals surface area contributed by atoms with E-state index in [1.54, 1.807) is 65.6 Å². The van der Waals surface area contributed by atoms with Gasteiger partial charge in [0.2, 0.25) is 23.6 Å². The summed E-state index contributed by atoms with van der Waals surface area (Å²) >= 11 is 12.8. The number of likely N-dealkylation sites (tertiary alicyclic amines) is 1. The molecule has 12 nitrogen and oxygen atoms in total. The molecule has 15 heteroatoms. The minimum atomic E-state index is -1.36. The molecule has 0 aromatic heterocycles. The molecule has 4 atom stereocenters. The summed E-state index contributed by atoms with van der Waals surface area (Å²) in [7, 11) is 0. The van der Waals surface area contributed by atoms with Gasteiger partial charge in [-0.15, -0.1) is 0 Å². The normalized spacial score (nSPS) is 24.6. The summed E-state index contributed by atoms with van der Waals surface area (Å²) in [6.07, 6.45) is 5.57. The number of nitrogens with zero attached hydrogens (tertiary/aromatic N) is 2. The predicted molar refractivity (Wildman–Crippen MR) is 242 cm³/mol. The minimum absolute atomic E-state index is 0.0257. The monoisotopic (exact) mass is 914 g/mol. The molecule has 3 saturated heterocycles. The summed E-state index contributed by atoms with van der Waals surface area (Å²) in [5.74, 6) is 3.04. The van der Waals surface area contributed by atoms with Crippen LogP contribution in [-0.2, 0) is 31.1 Å². The van der Waals surface area contributed by atoms with Crippen LogP contribution in [-0.4, -0.2) is 76.0 Å². The lowest BCUT2D eigenvalue weighted by Crippen LogP contribution is -2.60. The minimum Gasteiger partial charge on any atom is -0.339 e. The number of carbonyl (C=O) groups is 6. The van der Waals surface area contributed by atoms with Gasteiger partial charge in [-0.1, -0.05) is 78.6 Å². The SMILES string of the molecule is O=C1CCC(N2Cc3c(C#CC4CCN(C(=O)c5ccc(NC(=O)[C@@H]6NC7(CCCCC7)[C@@]7(C(=O)Nc8cc(Cl)ccc87)[C@H]6c6cccc(Cl)c6F)cc5)CC4)cccc3C2=O)C(=O)N1. The Kier molecular flexibility index (Phi) is 11.0. The van der Waals surface area contributed by atoms with Crippen molar-refractivity contribution in [3.05, 3.63) is 128 Å². The Bertz CT molecular complexity index is 2760. The fourth-order valence-electron chi connectivity index (χ4n) is 11.4. The number of anilines is 2. The highest BCUT2D eigenvalue weighted by Crippen LogP contribution is 2.63. The molecule has 0 radical (unpaired) electrons. The number of imide groups is 1. The number of amides is 6. The lowest BCUT2D eigenvalue weighted by atomic mass is 9.55. The fraction of sp³-hybridized carbons (Fsp3) is 0.360. The van der Waals surface area contributed by atoms with Crippen molar-refractivity contribution in [1.29, 1.82) is 0 Å². The van der Waals surface area contributed by atoms with Gasteiger partial charge in [-0.3, -0.25) is 39.4 Å². The Morgan fingerprint density at radius 3 is 2.37 bits per heavy atom. The van der Waals surface area contributed by atoms with Gasteiger partial charge in [0.25, 0.3) is 11.8 Å². The molecule has 65 heavy (non-hydrogen) atoms. The standard InChI is InChI=1S/C50H45Cl2FN6O6/c51-31-14-17-36-38(26-31)55-48(65)50(36)41(34-8-5-9-37(52)42(34)53)43(57-49(50)22-2-1-3-23-49)45(62)54-32-15-12-30(13-16-32)46(63)58-24-20-28(21-25-58)10-11-29-6-4-7-33-35(29)27-59(47(33)64)39-18-19-40(60)56-44(39)61/h4-9,12-17,26,28,39,41,43,57H,1-3,18-25,27H2,(H,54,62)(H,55,65)(H,56,60,61)/t39?,41-,43+,50+/m0/s1. The molecule has 4 aromatic carbocycles. The van der Waals surface area contributed by atoms with E-state index < -0.39 is 46.6 Å². The Labute approximate surface area is 385 Å². The van der Waals surface area contributed by atoms with Crippen molar-refractivity contribution in [3.63, 3.8) is 0 Å². The van der Waals surface area contributed by atoms with Gasteiger partial charge in [0, 0.05) is 76.5 Å². The molecule has 1 unspecified atom stereocenters. The van der Waals surface area contributed by atoms with Gasteiger partial charge in [0.15, 0.2) is 0 Å². The second-order valence-corrected chi connectivity index (χ2v) is 18.8. The van der Waals surface area contributed by atoms with Crippen molar-refractivity contribution in [2.24, 2.45) is 5.92 Å². The first-order chi connectivity index (χ1) is 31.4. The third-order valence-corrected chi connectivity index (χ3v) is 15.0. The molecule has 1 aliphatic carbocycles. The zero-order valence-corrected chi connectivity index (χ0v) is 36.8. The van der Waals surface area contributed by atoms with Crippen LogP contribution in [0.25, 0.3) is 0 Å². The second kappa shape index (κ2) is 16.7. The van der Waals surface area contributed by atoms with E-state index >= 15 is 4.39 Å². The molecule has 4 N–H and O–H groups in total. The van der Waals surface area contributed by atoms with Crippen LogP contribution < -0.4 is 21.3 Å². The maximum absolute atomic E-state index is 16.3. The van der Waals surface area contributed by atoms with Crippen LogP contribution >= 0.6 is 23.2 Å². The van der Waals surface area contributed by atoms with E-state index in [-0.39, 0.29) is 59.5 Å². The fourth-order valence-corrected chi connectivity index (χ4v) is 11.8. The third-order valence-electron chi connectivity index (χ3n) is 14.5. The molecular weight excluding hydrogens is 870 g/mol. The van der Waals surface area contributed by atoms with Gasteiger partial charge in [-0.2, -0.15) is 0 Å². The summed E-state index contributed by atoms with van der Waals surface area (Å²) in [6, 6.07) is 20.2. The van der Waals surface area contributed by atoms with E-state index in [0.29, 0.717) is 71.9 Å². The number of carbonyl (C=O) groups excluding carboxylic acids is 6. The van der Waals surface area contributed by atoms with E-state index in [1.807, 2.05) is 12.1 Å². The average molecular weight is 916 g/mol. The second-order valence-electron chi connectivity index (χ2n) is 18.0. The molecule has 10 rings (SSSR count). The average Bonchev–Trinajstić information content (AvgIpc) is 3.90. The number of hydrogen-bond donors (Lipinski definition) is 4. The Morgan fingerprint density at radius 2 is 1.62 bits per heavy atom. The van der Waals surface area contributed by atoms with Crippen LogP contribution in [0.15, 0.2) is 78.9 Å². The first kappa shape index (κ1) is 42.9. The van der Waals surface area contributed by atoms with Gasteiger partial charge in [0.1, 0.15) is 17.3 Å². The van der Waals surface area contributed by atoms with Crippen molar-refractivity contribution in [3.8, 4) is 11.8 Å². The van der Waals surface area contributed by atoms with Crippen molar-refractivity contribution in [2.75, 3.05) is 23.7 Å². The molecule has 0 bridgehead atoms. The van der Waals surface area contributed by atoms with E-state index in [1.165, 1.54) is 11.0 Å². The highest BCUT2D eigenvalue weighted by molar-refractivity contribution is 6.31. The summed E-state index contributed by atoms with van der Waals surface area (Å²) in [5.41, 5.74) is 2.01. The van der Waals surface area contributed by atoms with Crippen molar-refractivity contribution >= 4 is 70.0 Å². The molecule has 332 valence electrons. The molecule has 6 amide bonds. The zero-order valence-electron chi connectivity index (χ0n) is 35.3. The molecule has 5 aliphatic heterocycles. The van der Waals surface area contributed by atoms with E-state index in [0.717, 1.165) is 30.4 Å². The highest BCUT2D eigenvalue weighted by Gasteiger charge is 2.72. The lowest BCUT2D eigenvalue weighted by Gasteiger charge is -2.47. The molecular formula is C50H45Cl2FN6O6. The van der Waals surface area contributed by atoms with Crippen LogP contribution in [0.5, 0.6) is 0 Å². The first-order valence-electron chi connectivity index (χ1n) is 22.2. The summed E-state index contributed by atoms with van der Waals surface area (Å²) in [6.45, 7) is 1.23. The number of benzene rings is 4. The third kappa shape index (κ3) is 7.17. The number of nitrogens with one attached hydrogen (secondary N) is 4. The molecule has 1 saturated carbocycles. The van der Waals surface area contributed by atoms with Crippen molar-refractivity contribution in [2.45, 2.75) is 93.3 Å². The molecule has 2 spiro atoms. The highest BCUT2D eigenvalue weighted by atomic mass is 35.5. The molecule has 4 aromatic rings. The van der Waals surface area contributed by atoms with Crippen LogP contribution in [0.3, 0.4) is 0 Å². The molecule has 4 fully saturated rings. The summed E-state index contributed by atoms with van der Waals surface area (Å²) < 4.78 is 16.3. The number of fused-ring (bicyclic) bond motifs is 4. The maximum atomic E-state index is 16.3. The van der Waals surface area contributed by atoms with E-state index in [2.05, 4.69) is 33.1 Å². The van der Waals surface area contributed by atoms with Crippen LogP contribution in [0.4, 0.5) is 15.8 Å². The Morgan fingerprint density at radius 1 is 0.862 bits per heavy atom. The molecule has 5 heterocycles. The number of rotatable bonds is 5. The van der Waals surface area contributed by atoms with Gasteiger partial charge in [-0.25, -0.2) is 4.39 Å². The summed E-state index contributed by atoms with van der Waals surface area (Å²) in [4.78, 5) is 83.8. The number of halogens is 3. The van der Waals surface area contributed by atoms with Crippen molar-refractivity contribution < 1.29 is 33.2 Å². The quantitative estimate of drug-likeness (QED) is 0.123. The topological polar surface area (TPSA) is 157 Å². The Balaban J connectivity index is 0.831. The predicted octanol–water partition coefficient (Wildman–Crippen LogP) is 7.08. The number of piperidine rings is 2. The molecule has 6 aliphatic rings. The maximum Gasteiger partial charge on any atom is 0.255 e. The van der Waals surface area contributed by atoms with E-state index in [9.17, 15) is 28.8 Å². The summed E-state index contributed by atoms with van der Waals surface area (Å²) in [5, 5.41) is 12.4.